The number of nitrogens with zero attached hydrogens (tertiary/aromatic N) is 1. The molecule has 0 bridgehead atoms. The Balaban J connectivity index is 3.35. The second kappa shape index (κ2) is 5.75. The van der Waals surface area contributed by atoms with Crippen molar-refractivity contribution in [3.63, 3.8) is 0 Å². The summed E-state index contributed by atoms with van der Waals surface area (Å²) in [6.45, 7) is -1.45. The summed E-state index contributed by atoms with van der Waals surface area (Å²) in [6, 6.07) is 5.04. The van der Waals surface area contributed by atoms with Gasteiger partial charge in [-0.15, -0.1) is 0 Å². The van der Waals surface area contributed by atoms with E-state index in [0.29, 0.717) is 0 Å². The molecule has 1 aromatic carbocycles. The van der Waals surface area contributed by atoms with Crippen molar-refractivity contribution in [1.82, 2.24) is 4.72 Å². The molecule has 98 valence electrons. The second-order valence-corrected chi connectivity index (χ2v) is 4.86. The second-order valence-electron chi connectivity index (χ2n) is 3.12. The fraction of sp³-hybridized carbons (Fsp3) is 0.300. The van der Waals surface area contributed by atoms with Gasteiger partial charge in [-0.3, -0.25) is 0 Å². The largest absolute Gasteiger partial charge is 0.433 e. The Bertz CT molecular complexity index is 567. The minimum Gasteiger partial charge on any atom is -0.433 e. The molecule has 0 spiro atoms. The number of nitriles is 1. The third-order valence-electron chi connectivity index (χ3n) is 1.94. The molecule has 0 amide bonds. The minimum atomic E-state index is -3.91. The van der Waals surface area contributed by atoms with Crippen LogP contribution in [0.25, 0.3) is 0 Å². The molecule has 0 unspecified atom stereocenters. The lowest BCUT2D eigenvalue weighted by molar-refractivity contribution is -0.0502. The minimum absolute atomic E-state index is 0.118. The molecule has 0 fully saturated rings. The van der Waals surface area contributed by atoms with E-state index in [2.05, 4.69) is 9.46 Å². The van der Waals surface area contributed by atoms with Crippen molar-refractivity contribution in [1.29, 1.82) is 5.26 Å². The molecular formula is C10H10F2N2O3S. The Kier molecular flexibility index (Phi) is 4.58. The van der Waals surface area contributed by atoms with E-state index in [9.17, 15) is 17.2 Å². The fourth-order valence-corrected chi connectivity index (χ4v) is 2.52. The number of hydrogen-bond acceptors (Lipinski definition) is 4. The van der Waals surface area contributed by atoms with Crippen LogP contribution < -0.4 is 9.46 Å². The molecule has 5 nitrogen and oxygen atoms in total. The molecule has 0 aromatic heterocycles. The third-order valence-corrected chi connectivity index (χ3v) is 3.53. The highest BCUT2D eigenvalue weighted by atomic mass is 32.2. The maximum Gasteiger partial charge on any atom is 0.387 e. The van der Waals surface area contributed by atoms with Crippen molar-refractivity contribution in [2.24, 2.45) is 0 Å². The van der Waals surface area contributed by atoms with E-state index in [0.717, 1.165) is 12.1 Å². The van der Waals surface area contributed by atoms with Gasteiger partial charge < -0.3 is 4.74 Å². The van der Waals surface area contributed by atoms with Crippen LogP contribution in [0.2, 0.25) is 0 Å². The Morgan fingerprint density at radius 3 is 2.67 bits per heavy atom. The summed E-state index contributed by atoms with van der Waals surface area (Å²) in [7, 11) is -3.91. The summed E-state index contributed by atoms with van der Waals surface area (Å²) in [5.74, 6) is -0.466. The zero-order valence-electron chi connectivity index (χ0n) is 9.35. The van der Waals surface area contributed by atoms with Gasteiger partial charge in [-0.1, -0.05) is 13.0 Å². The Hall–Kier alpha value is -1.72. The molecule has 0 aliphatic carbocycles. The number of sulfonamides is 1. The third kappa shape index (κ3) is 3.15. The molecule has 18 heavy (non-hydrogen) atoms. The molecule has 0 aliphatic heterocycles. The maximum absolute atomic E-state index is 12.1. The topological polar surface area (TPSA) is 79.2 Å². The summed E-state index contributed by atoms with van der Waals surface area (Å²) in [5, 5.41) is 8.88. The zero-order valence-corrected chi connectivity index (χ0v) is 10.2. The molecular weight excluding hydrogens is 266 g/mol. The van der Waals surface area contributed by atoms with E-state index in [4.69, 9.17) is 5.26 Å². The summed E-state index contributed by atoms with van der Waals surface area (Å²) >= 11 is 0. The number of halogens is 2. The number of rotatable bonds is 5. The number of hydrogen-bond donors (Lipinski definition) is 1. The molecule has 8 heteroatoms. The summed E-state index contributed by atoms with van der Waals surface area (Å²) < 4.78 is 54.0. The quantitative estimate of drug-likeness (QED) is 0.883. The molecule has 1 N–H and O–H groups in total. The summed E-state index contributed by atoms with van der Waals surface area (Å²) in [4.78, 5) is -0.384. The fourth-order valence-electron chi connectivity index (χ4n) is 1.31. The molecule has 1 aromatic rings. The highest BCUT2D eigenvalue weighted by Gasteiger charge is 2.22. The van der Waals surface area contributed by atoms with Crippen molar-refractivity contribution < 1.29 is 21.9 Å². The normalized spacial score (nSPS) is 11.3. The Labute approximate surface area is 103 Å². The summed E-state index contributed by atoms with van der Waals surface area (Å²) in [5.41, 5.74) is -0.446. The predicted octanol–water partition coefficient (Wildman–Crippen LogP) is 1.46. The zero-order chi connectivity index (χ0) is 13.8. The first-order chi connectivity index (χ1) is 8.42. The van der Waals surface area contributed by atoms with E-state index < -0.39 is 27.9 Å². The maximum atomic E-state index is 12.1. The lowest BCUT2D eigenvalue weighted by atomic mass is 10.2. The van der Waals surface area contributed by atoms with E-state index in [1.54, 1.807) is 13.0 Å². The standard InChI is InChI=1S/C10H10F2N2O3S/c1-2-14-18(15,16)9-5-3-4-8(7(9)6-13)17-10(11)12/h3-5,10,14H,2H2,1H3. The van der Waals surface area contributed by atoms with Gasteiger partial charge in [0, 0.05) is 6.54 Å². The van der Waals surface area contributed by atoms with Gasteiger partial charge in [0.05, 0.1) is 0 Å². The number of benzene rings is 1. The highest BCUT2D eigenvalue weighted by Crippen LogP contribution is 2.26. The van der Waals surface area contributed by atoms with Crippen LogP contribution in [0, 0.1) is 11.3 Å². The molecule has 0 saturated carbocycles. The van der Waals surface area contributed by atoms with Gasteiger partial charge in [-0.25, -0.2) is 13.1 Å². The van der Waals surface area contributed by atoms with Crippen molar-refractivity contribution in [3.8, 4) is 11.8 Å². The van der Waals surface area contributed by atoms with E-state index in [-0.39, 0.29) is 11.4 Å². The molecule has 0 atom stereocenters. The van der Waals surface area contributed by atoms with Gasteiger partial charge in [-0.05, 0) is 12.1 Å². The van der Waals surface area contributed by atoms with Crippen LogP contribution in [-0.2, 0) is 10.0 Å². The van der Waals surface area contributed by atoms with E-state index in [1.807, 2.05) is 0 Å². The van der Waals surface area contributed by atoms with Gasteiger partial charge in [0.25, 0.3) is 0 Å². The predicted molar refractivity (Wildman–Crippen MR) is 58.7 cm³/mol. The first-order valence-electron chi connectivity index (χ1n) is 4.90. The smallest absolute Gasteiger partial charge is 0.387 e. The summed E-state index contributed by atoms with van der Waals surface area (Å²) in [6.07, 6.45) is 0. The van der Waals surface area contributed by atoms with Crippen LogP contribution in [0.15, 0.2) is 23.1 Å². The van der Waals surface area contributed by atoms with Crippen LogP contribution >= 0.6 is 0 Å². The van der Waals surface area contributed by atoms with Gasteiger partial charge in [0.2, 0.25) is 10.0 Å². The first-order valence-corrected chi connectivity index (χ1v) is 6.38. The average Bonchev–Trinajstić information content (AvgIpc) is 2.27. The van der Waals surface area contributed by atoms with Crippen molar-refractivity contribution >= 4 is 10.0 Å². The highest BCUT2D eigenvalue weighted by molar-refractivity contribution is 7.89. The van der Waals surface area contributed by atoms with Gasteiger partial charge in [0.15, 0.2) is 0 Å². The van der Waals surface area contributed by atoms with Crippen molar-refractivity contribution in [3.05, 3.63) is 23.8 Å². The monoisotopic (exact) mass is 276 g/mol. The van der Waals surface area contributed by atoms with Crippen LogP contribution in [0.4, 0.5) is 8.78 Å². The van der Waals surface area contributed by atoms with Crippen LogP contribution in [-0.4, -0.2) is 21.6 Å². The van der Waals surface area contributed by atoms with Crippen LogP contribution in [0.5, 0.6) is 5.75 Å². The number of nitrogens with one attached hydrogen (secondary N) is 1. The van der Waals surface area contributed by atoms with Gasteiger partial charge in [-0.2, -0.15) is 14.0 Å². The number of alkyl halides is 2. The van der Waals surface area contributed by atoms with Gasteiger partial charge in [0.1, 0.15) is 22.3 Å². The van der Waals surface area contributed by atoms with Crippen molar-refractivity contribution in [2.45, 2.75) is 18.4 Å². The number of ether oxygens (including phenoxy) is 1. The Morgan fingerprint density at radius 2 is 2.17 bits per heavy atom. The molecule has 0 saturated heterocycles. The van der Waals surface area contributed by atoms with E-state index >= 15 is 0 Å². The molecule has 0 radical (unpaired) electrons. The van der Waals surface area contributed by atoms with Gasteiger partial charge >= 0.3 is 6.61 Å². The lowest BCUT2D eigenvalue weighted by Crippen LogP contribution is -2.24. The molecule has 0 heterocycles. The first kappa shape index (κ1) is 14.3. The van der Waals surface area contributed by atoms with Crippen molar-refractivity contribution in [2.75, 3.05) is 6.54 Å². The van der Waals surface area contributed by atoms with Crippen LogP contribution in [0.3, 0.4) is 0 Å². The molecule has 1 rings (SSSR count). The molecule has 0 aliphatic rings. The van der Waals surface area contributed by atoms with E-state index in [1.165, 1.54) is 6.07 Å². The van der Waals surface area contributed by atoms with Crippen LogP contribution in [0.1, 0.15) is 12.5 Å². The lowest BCUT2D eigenvalue weighted by Gasteiger charge is -2.10. The SMILES string of the molecule is CCNS(=O)(=O)c1cccc(OC(F)F)c1C#N. The average molecular weight is 276 g/mol. The Morgan fingerprint density at radius 1 is 1.50 bits per heavy atom.